The van der Waals surface area contributed by atoms with Crippen LogP contribution in [-0.2, 0) is 10.0 Å². The molecular formula is C11H15N5O2S. The summed E-state index contributed by atoms with van der Waals surface area (Å²) < 4.78 is 21.8. The van der Waals surface area contributed by atoms with Gasteiger partial charge in [-0.1, -0.05) is 12.1 Å². The number of anilines is 2. The van der Waals surface area contributed by atoms with Gasteiger partial charge in [0.05, 0.1) is 11.3 Å². The fourth-order valence-electron chi connectivity index (χ4n) is 1.63. The molecule has 2 rings (SSSR count). The molecule has 1 aromatic heterocycles. The summed E-state index contributed by atoms with van der Waals surface area (Å²) in [7, 11) is -1.76. The lowest BCUT2D eigenvalue weighted by Crippen LogP contribution is -2.22. The highest BCUT2D eigenvalue weighted by Crippen LogP contribution is 2.21. The smallest absolute Gasteiger partial charge is 0.224 e. The minimum absolute atomic E-state index is 0.153. The van der Waals surface area contributed by atoms with Crippen molar-refractivity contribution in [3.63, 3.8) is 0 Å². The number of hydrogen-bond acceptors (Lipinski definition) is 6. The predicted molar refractivity (Wildman–Crippen MR) is 75.5 cm³/mol. The number of nitrogens with zero attached hydrogens (tertiary/aromatic N) is 2. The maximum absolute atomic E-state index is 10.9. The zero-order chi connectivity index (χ0) is 13.9. The van der Waals surface area contributed by atoms with Gasteiger partial charge in [-0.3, -0.25) is 0 Å². The van der Waals surface area contributed by atoms with E-state index in [-0.39, 0.29) is 12.3 Å². The van der Waals surface area contributed by atoms with Gasteiger partial charge >= 0.3 is 0 Å². The van der Waals surface area contributed by atoms with E-state index in [2.05, 4.69) is 20.6 Å². The molecule has 8 heteroatoms. The monoisotopic (exact) mass is 281 g/mol. The lowest BCUT2D eigenvalue weighted by Gasteiger charge is -2.09. The van der Waals surface area contributed by atoms with Gasteiger partial charge < -0.3 is 10.6 Å². The van der Waals surface area contributed by atoms with E-state index in [0.717, 1.165) is 10.9 Å². The van der Waals surface area contributed by atoms with Crippen LogP contribution in [0.5, 0.6) is 0 Å². The average molecular weight is 281 g/mol. The molecule has 0 fully saturated rings. The van der Waals surface area contributed by atoms with Gasteiger partial charge in [0.15, 0.2) is 0 Å². The van der Waals surface area contributed by atoms with Crippen LogP contribution in [0.3, 0.4) is 0 Å². The van der Waals surface area contributed by atoms with Crippen molar-refractivity contribution in [1.29, 1.82) is 0 Å². The van der Waals surface area contributed by atoms with Crippen molar-refractivity contribution in [3.05, 3.63) is 24.3 Å². The van der Waals surface area contributed by atoms with Crippen LogP contribution in [0.15, 0.2) is 24.3 Å². The van der Waals surface area contributed by atoms with Gasteiger partial charge in [-0.05, 0) is 12.1 Å². The van der Waals surface area contributed by atoms with E-state index < -0.39 is 10.0 Å². The topological polar surface area (TPSA) is 110 Å². The van der Waals surface area contributed by atoms with E-state index in [1.807, 2.05) is 24.3 Å². The average Bonchev–Trinajstić information content (AvgIpc) is 2.37. The highest BCUT2D eigenvalue weighted by molar-refractivity contribution is 7.89. The normalized spacial score (nSPS) is 11.5. The number of rotatable bonds is 5. The Balaban J connectivity index is 2.30. The fraction of sp³-hybridized carbons (Fsp3) is 0.273. The molecule has 0 saturated heterocycles. The minimum atomic E-state index is -3.48. The first-order valence-electron chi connectivity index (χ1n) is 5.68. The van der Waals surface area contributed by atoms with Crippen molar-refractivity contribution in [2.24, 2.45) is 5.14 Å². The van der Waals surface area contributed by atoms with E-state index in [9.17, 15) is 8.42 Å². The Morgan fingerprint density at radius 2 is 2.00 bits per heavy atom. The third-order valence-electron chi connectivity index (χ3n) is 2.51. The van der Waals surface area contributed by atoms with E-state index in [1.165, 1.54) is 0 Å². The maximum atomic E-state index is 10.9. The quantitative estimate of drug-likeness (QED) is 0.730. The second-order valence-corrected chi connectivity index (χ2v) is 5.69. The van der Waals surface area contributed by atoms with Gasteiger partial charge in [0.25, 0.3) is 0 Å². The first kappa shape index (κ1) is 13.5. The Morgan fingerprint density at radius 1 is 1.26 bits per heavy atom. The third-order valence-corrected chi connectivity index (χ3v) is 3.28. The molecule has 0 saturated carbocycles. The molecule has 0 radical (unpaired) electrons. The number of nitrogens with one attached hydrogen (secondary N) is 2. The molecule has 102 valence electrons. The Labute approximate surface area is 111 Å². The molecule has 0 spiro atoms. The minimum Gasteiger partial charge on any atom is -0.368 e. The van der Waals surface area contributed by atoms with Crippen LogP contribution in [0.2, 0.25) is 0 Å². The molecule has 0 aliphatic carbocycles. The number of primary sulfonamides is 1. The van der Waals surface area contributed by atoms with Crippen molar-refractivity contribution < 1.29 is 8.42 Å². The molecule has 7 nitrogen and oxygen atoms in total. The van der Waals surface area contributed by atoms with E-state index in [4.69, 9.17) is 5.14 Å². The molecule has 0 aliphatic rings. The predicted octanol–water partition coefficient (Wildman–Crippen LogP) is 0.372. The van der Waals surface area contributed by atoms with Gasteiger partial charge in [-0.15, -0.1) is 0 Å². The number of aromatic nitrogens is 2. The highest BCUT2D eigenvalue weighted by Gasteiger charge is 2.07. The Bertz CT molecular complexity index is 687. The Hall–Kier alpha value is -1.93. The van der Waals surface area contributed by atoms with E-state index >= 15 is 0 Å². The highest BCUT2D eigenvalue weighted by atomic mass is 32.2. The molecule has 0 aliphatic heterocycles. The summed E-state index contributed by atoms with van der Waals surface area (Å²) in [6.07, 6.45) is 0. The first-order valence-corrected chi connectivity index (χ1v) is 7.40. The zero-order valence-corrected chi connectivity index (χ0v) is 11.2. The molecule has 0 bridgehead atoms. The molecule has 0 atom stereocenters. The molecule has 19 heavy (non-hydrogen) atoms. The molecule has 0 amide bonds. The van der Waals surface area contributed by atoms with Crippen LogP contribution in [0, 0.1) is 0 Å². The Kier molecular flexibility index (Phi) is 3.82. The second kappa shape index (κ2) is 5.37. The first-order chi connectivity index (χ1) is 8.99. The van der Waals surface area contributed by atoms with Gasteiger partial charge in [-0.2, -0.15) is 4.98 Å². The molecule has 4 N–H and O–H groups in total. The molecule has 1 aromatic carbocycles. The number of fused-ring (bicyclic) bond motifs is 1. The van der Waals surface area contributed by atoms with Crippen LogP contribution in [0.25, 0.3) is 10.9 Å². The maximum Gasteiger partial charge on any atom is 0.224 e. The molecule has 2 aromatic rings. The van der Waals surface area contributed by atoms with Crippen LogP contribution in [0.4, 0.5) is 11.8 Å². The SMILES string of the molecule is CNc1nc(NCCS(N)(=O)=O)c2ccccc2n1. The van der Waals surface area contributed by atoms with Crippen LogP contribution < -0.4 is 15.8 Å². The van der Waals surface area contributed by atoms with E-state index in [0.29, 0.717) is 11.8 Å². The van der Waals surface area contributed by atoms with Gasteiger partial charge in [-0.25, -0.2) is 18.5 Å². The summed E-state index contributed by atoms with van der Waals surface area (Å²) >= 11 is 0. The van der Waals surface area contributed by atoms with Crippen LogP contribution >= 0.6 is 0 Å². The number of hydrogen-bond donors (Lipinski definition) is 3. The standard InChI is InChI=1S/C11H15N5O2S/c1-13-11-15-9-5-3-2-4-8(9)10(16-11)14-6-7-19(12,17)18/h2-5H,6-7H2,1H3,(H2,12,17,18)(H2,13,14,15,16). The lowest BCUT2D eigenvalue weighted by atomic mass is 10.2. The van der Waals surface area contributed by atoms with Crippen LogP contribution in [0.1, 0.15) is 0 Å². The van der Waals surface area contributed by atoms with Crippen molar-refractivity contribution in [2.75, 3.05) is 30.0 Å². The summed E-state index contributed by atoms with van der Waals surface area (Å²) in [6, 6.07) is 7.48. The summed E-state index contributed by atoms with van der Waals surface area (Å²) in [5.74, 6) is 0.899. The van der Waals surface area contributed by atoms with Crippen molar-refractivity contribution in [2.45, 2.75) is 0 Å². The second-order valence-electron chi connectivity index (χ2n) is 3.96. The Morgan fingerprint density at radius 3 is 2.68 bits per heavy atom. The van der Waals surface area contributed by atoms with Crippen molar-refractivity contribution in [1.82, 2.24) is 9.97 Å². The molecule has 1 heterocycles. The molecule has 0 unspecified atom stereocenters. The van der Waals surface area contributed by atoms with Gasteiger partial charge in [0, 0.05) is 19.0 Å². The van der Waals surface area contributed by atoms with Crippen molar-refractivity contribution >= 4 is 32.7 Å². The fourth-order valence-corrected chi connectivity index (χ4v) is 2.02. The van der Waals surface area contributed by atoms with Gasteiger partial charge in [0.1, 0.15) is 5.82 Å². The number of para-hydroxylation sites is 1. The number of sulfonamides is 1. The number of nitrogens with two attached hydrogens (primary N) is 1. The largest absolute Gasteiger partial charge is 0.368 e. The van der Waals surface area contributed by atoms with E-state index in [1.54, 1.807) is 7.05 Å². The molecular weight excluding hydrogens is 266 g/mol. The summed E-state index contributed by atoms with van der Waals surface area (Å²) in [5, 5.41) is 11.6. The third kappa shape index (κ3) is 3.52. The summed E-state index contributed by atoms with van der Waals surface area (Å²) in [4.78, 5) is 8.58. The van der Waals surface area contributed by atoms with Crippen LogP contribution in [-0.4, -0.2) is 37.7 Å². The summed E-state index contributed by atoms with van der Waals surface area (Å²) in [6.45, 7) is 0.197. The lowest BCUT2D eigenvalue weighted by molar-refractivity contribution is 0.598. The summed E-state index contributed by atoms with van der Waals surface area (Å²) in [5.41, 5.74) is 0.778. The zero-order valence-electron chi connectivity index (χ0n) is 10.4. The number of benzene rings is 1. The van der Waals surface area contributed by atoms with Crippen molar-refractivity contribution in [3.8, 4) is 0 Å². The van der Waals surface area contributed by atoms with Gasteiger partial charge in [0.2, 0.25) is 16.0 Å².